The van der Waals surface area contributed by atoms with Crippen LogP contribution in [-0.2, 0) is 24.3 Å². The zero-order valence-electron chi connectivity index (χ0n) is 17.6. The van der Waals surface area contributed by atoms with Crippen LogP contribution in [0.1, 0.15) is 43.5 Å². The molecule has 2 aliphatic heterocycles. The van der Waals surface area contributed by atoms with Crippen LogP contribution in [0.3, 0.4) is 0 Å². The van der Waals surface area contributed by atoms with E-state index in [0.29, 0.717) is 13.1 Å². The number of hydrogen-bond donors (Lipinski definition) is 1. The van der Waals surface area contributed by atoms with E-state index in [1.54, 1.807) is 18.5 Å². The van der Waals surface area contributed by atoms with Gasteiger partial charge in [-0.3, -0.25) is 4.79 Å². The van der Waals surface area contributed by atoms with Crippen molar-refractivity contribution in [1.29, 1.82) is 0 Å². The van der Waals surface area contributed by atoms with Crippen molar-refractivity contribution in [2.24, 2.45) is 5.92 Å². The van der Waals surface area contributed by atoms with Crippen LogP contribution in [-0.4, -0.2) is 38.5 Å². The molecule has 0 bridgehead atoms. The normalized spacial score (nSPS) is 19.1. The molecule has 1 fully saturated rings. The Labute approximate surface area is 180 Å². The lowest BCUT2D eigenvalue weighted by molar-refractivity contribution is -0.125. The van der Waals surface area contributed by atoms with Gasteiger partial charge in [-0.25, -0.2) is 19.3 Å². The number of halogens is 1. The quantitative estimate of drug-likeness (QED) is 0.699. The Balaban J connectivity index is 1.31. The van der Waals surface area contributed by atoms with Gasteiger partial charge in [0.1, 0.15) is 18.0 Å². The highest BCUT2D eigenvalue weighted by Crippen LogP contribution is 2.29. The molecule has 162 valence electrons. The van der Waals surface area contributed by atoms with E-state index in [9.17, 15) is 9.18 Å². The summed E-state index contributed by atoms with van der Waals surface area (Å²) in [6.45, 7) is 2.83. The van der Waals surface area contributed by atoms with Gasteiger partial charge in [0.15, 0.2) is 17.0 Å². The molecule has 0 spiro atoms. The number of rotatable bonds is 4. The summed E-state index contributed by atoms with van der Waals surface area (Å²) in [4.78, 5) is 29.0. The van der Waals surface area contributed by atoms with Crippen LogP contribution in [0.25, 0.3) is 11.2 Å². The smallest absolute Gasteiger partial charge is 0.225 e. The minimum absolute atomic E-state index is 0.0277. The second-order valence-electron chi connectivity index (χ2n) is 8.49. The molecule has 2 aromatic heterocycles. The molecular formula is C23H27FN6O. The van der Waals surface area contributed by atoms with Crippen molar-refractivity contribution in [1.82, 2.24) is 24.8 Å². The maximum absolute atomic E-state index is 13.1. The molecule has 0 aliphatic carbocycles. The number of amides is 1. The first kappa shape index (κ1) is 19.9. The molecule has 1 amide bonds. The summed E-state index contributed by atoms with van der Waals surface area (Å²) in [6.07, 6.45) is 7.90. The van der Waals surface area contributed by atoms with E-state index in [1.807, 2.05) is 0 Å². The number of aromatic nitrogens is 4. The number of hydrogen-bond acceptors (Lipinski definition) is 5. The Kier molecular flexibility index (Phi) is 5.53. The summed E-state index contributed by atoms with van der Waals surface area (Å²) in [5.41, 5.74) is 2.65. The summed E-state index contributed by atoms with van der Waals surface area (Å²) in [7, 11) is 0. The van der Waals surface area contributed by atoms with Crippen molar-refractivity contribution >= 4 is 22.9 Å². The standard InChI is InChI=1S/C23H27FN6O/c24-18-9-7-16(8-10-18)13-25-23(31)17-5-4-11-29(14-17)21-20-22(27-15-26-21)30-12-3-1-2-6-19(30)28-20/h7-10,15,17H,1-6,11-14H2,(H,25,31)/t17-/m1/s1. The summed E-state index contributed by atoms with van der Waals surface area (Å²) >= 11 is 0. The molecule has 1 atom stereocenters. The van der Waals surface area contributed by atoms with Crippen LogP contribution in [0.15, 0.2) is 30.6 Å². The Hall–Kier alpha value is -3.03. The average molecular weight is 423 g/mol. The molecule has 2 aliphatic rings. The molecular weight excluding hydrogens is 395 g/mol. The number of carbonyl (C=O) groups excluding carboxylic acids is 1. The topological polar surface area (TPSA) is 75.9 Å². The van der Waals surface area contributed by atoms with Crippen molar-refractivity contribution in [2.75, 3.05) is 18.0 Å². The van der Waals surface area contributed by atoms with Crippen LogP contribution in [0.2, 0.25) is 0 Å². The van der Waals surface area contributed by atoms with Gasteiger partial charge in [-0.2, -0.15) is 0 Å². The van der Waals surface area contributed by atoms with E-state index in [2.05, 4.69) is 24.8 Å². The second kappa shape index (κ2) is 8.61. The summed E-state index contributed by atoms with van der Waals surface area (Å²) < 4.78 is 15.3. The summed E-state index contributed by atoms with van der Waals surface area (Å²) in [6, 6.07) is 6.22. The lowest BCUT2D eigenvalue weighted by atomic mass is 9.97. The Bertz CT molecular complexity index is 1080. The SMILES string of the molecule is O=C(NCc1ccc(F)cc1)[C@@H]1CCCN(c2ncnc3c2nc2n3CCCCC2)C1. The Morgan fingerprint density at radius 1 is 1.10 bits per heavy atom. The predicted molar refractivity (Wildman–Crippen MR) is 116 cm³/mol. The minimum atomic E-state index is -0.272. The highest BCUT2D eigenvalue weighted by Gasteiger charge is 2.29. The zero-order chi connectivity index (χ0) is 21.2. The molecule has 7 nitrogen and oxygen atoms in total. The second-order valence-corrected chi connectivity index (χ2v) is 8.49. The highest BCUT2D eigenvalue weighted by molar-refractivity contribution is 5.85. The predicted octanol–water partition coefficient (Wildman–Crippen LogP) is 3.22. The molecule has 31 heavy (non-hydrogen) atoms. The van der Waals surface area contributed by atoms with Crippen molar-refractivity contribution in [3.63, 3.8) is 0 Å². The van der Waals surface area contributed by atoms with Crippen molar-refractivity contribution in [3.8, 4) is 0 Å². The van der Waals surface area contributed by atoms with Gasteiger partial charge < -0.3 is 14.8 Å². The third-order valence-electron chi connectivity index (χ3n) is 6.35. The summed E-state index contributed by atoms with van der Waals surface area (Å²) in [5.74, 6) is 1.58. The average Bonchev–Trinajstić information content (AvgIpc) is 2.99. The van der Waals surface area contributed by atoms with Crippen LogP contribution >= 0.6 is 0 Å². The number of aryl methyl sites for hydroxylation is 2. The number of carbonyl (C=O) groups is 1. The fourth-order valence-electron chi connectivity index (χ4n) is 4.68. The first-order valence-corrected chi connectivity index (χ1v) is 11.2. The zero-order valence-corrected chi connectivity index (χ0v) is 17.6. The number of anilines is 1. The lowest BCUT2D eigenvalue weighted by Crippen LogP contribution is -2.43. The molecule has 0 unspecified atom stereocenters. The van der Waals surface area contributed by atoms with Crippen molar-refractivity contribution < 1.29 is 9.18 Å². The van der Waals surface area contributed by atoms with Gasteiger partial charge >= 0.3 is 0 Å². The number of piperidine rings is 1. The van der Waals surface area contributed by atoms with Gasteiger partial charge in [0.05, 0.1) is 5.92 Å². The largest absolute Gasteiger partial charge is 0.354 e. The van der Waals surface area contributed by atoms with Crippen LogP contribution in [0.5, 0.6) is 0 Å². The maximum atomic E-state index is 13.1. The van der Waals surface area contributed by atoms with E-state index >= 15 is 0 Å². The third kappa shape index (κ3) is 4.11. The molecule has 0 radical (unpaired) electrons. The van der Waals surface area contributed by atoms with E-state index in [-0.39, 0.29) is 17.6 Å². The fraction of sp³-hybridized carbons (Fsp3) is 0.478. The van der Waals surface area contributed by atoms with Crippen LogP contribution < -0.4 is 10.2 Å². The van der Waals surface area contributed by atoms with Crippen LogP contribution in [0, 0.1) is 11.7 Å². The van der Waals surface area contributed by atoms with E-state index in [1.165, 1.54) is 18.6 Å². The minimum Gasteiger partial charge on any atom is -0.354 e. The van der Waals surface area contributed by atoms with Gasteiger partial charge in [0.25, 0.3) is 0 Å². The fourth-order valence-corrected chi connectivity index (χ4v) is 4.68. The lowest BCUT2D eigenvalue weighted by Gasteiger charge is -2.32. The maximum Gasteiger partial charge on any atom is 0.225 e. The number of fused-ring (bicyclic) bond motifs is 3. The molecule has 8 heteroatoms. The number of imidazole rings is 1. The Morgan fingerprint density at radius 2 is 1.97 bits per heavy atom. The van der Waals surface area contributed by atoms with E-state index < -0.39 is 0 Å². The number of nitrogens with zero attached hydrogens (tertiary/aromatic N) is 5. The molecule has 1 saturated heterocycles. The molecule has 3 aromatic rings. The van der Waals surface area contributed by atoms with E-state index in [0.717, 1.165) is 73.6 Å². The van der Waals surface area contributed by atoms with E-state index in [4.69, 9.17) is 4.98 Å². The monoisotopic (exact) mass is 422 g/mol. The van der Waals surface area contributed by atoms with Crippen molar-refractivity contribution in [3.05, 3.63) is 47.8 Å². The van der Waals surface area contributed by atoms with Gasteiger partial charge in [0.2, 0.25) is 5.91 Å². The summed E-state index contributed by atoms with van der Waals surface area (Å²) in [5, 5.41) is 3.00. The van der Waals surface area contributed by atoms with Gasteiger partial charge in [-0.15, -0.1) is 0 Å². The molecule has 0 saturated carbocycles. The van der Waals surface area contributed by atoms with Gasteiger partial charge in [-0.1, -0.05) is 18.6 Å². The molecule has 1 N–H and O–H groups in total. The Morgan fingerprint density at radius 3 is 2.84 bits per heavy atom. The first-order chi connectivity index (χ1) is 15.2. The third-order valence-corrected chi connectivity index (χ3v) is 6.35. The molecule has 5 rings (SSSR count). The van der Waals surface area contributed by atoms with Gasteiger partial charge in [0, 0.05) is 32.6 Å². The van der Waals surface area contributed by atoms with Gasteiger partial charge in [-0.05, 0) is 43.4 Å². The van der Waals surface area contributed by atoms with Crippen molar-refractivity contribution in [2.45, 2.75) is 51.6 Å². The van der Waals surface area contributed by atoms with Crippen LogP contribution in [0.4, 0.5) is 10.2 Å². The highest BCUT2D eigenvalue weighted by atomic mass is 19.1. The molecule has 4 heterocycles. The molecule has 1 aromatic carbocycles. The number of nitrogens with one attached hydrogen (secondary N) is 1. The first-order valence-electron chi connectivity index (χ1n) is 11.2. The number of benzene rings is 1.